The molecule has 2 aromatic rings. The molecule has 0 aliphatic heterocycles. The molecule has 0 aliphatic rings. The van der Waals surface area contributed by atoms with E-state index in [1.807, 2.05) is 30.3 Å². The molecular formula is C18H13I. The van der Waals surface area contributed by atoms with Crippen LogP contribution in [-0.4, -0.2) is 0 Å². The molecule has 0 atom stereocenters. The number of rotatable bonds is 2. The van der Waals surface area contributed by atoms with Crippen molar-refractivity contribution in [1.82, 2.24) is 0 Å². The lowest BCUT2D eigenvalue weighted by Gasteiger charge is -1.96. The van der Waals surface area contributed by atoms with Crippen molar-refractivity contribution in [2.75, 3.05) is 0 Å². The summed E-state index contributed by atoms with van der Waals surface area (Å²) in [6.07, 6.45) is 1.87. The van der Waals surface area contributed by atoms with E-state index in [-0.39, 0.29) is 0 Å². The Morgan fingerprint density at radius 3 is 2.11 bits per heavy atom. The first-order valence-corrected chi connectivity index (χ1v) is 7.21. The van der Waals surface area contributed by atoms with Crippen LogP contribution in [0.15, 0.2) is 54.6 Å². The number of benzene rings is 2. The van der Waals surface area contributed by atoms with E-state index < -0.39 is 0 Å². The van der Waals surface area contributed by atoms with Crippen LogP contribution in [0.5, 0.6) is 0 Å². The van der Waals surface area contributed by atoms with Gasteiger partial charge in [-0.1, -0.05) is 60.2 Å². The van der Waals surface area contributed by atoms with Gasteiger partial charge in [0.05, 0.1) is 0 Å². The van der Waals surface area contributed by atoms with Crippen molar-refractivity contribution >= 4 is 22.6 Å². The Balaban J connectivity index is 2.02. The van der Waals surface area contributed by atoms with Gasteiger partial charge in [-0.15, -0.1) is 0 Å². The number of halogens is 1. The summed E-state index contributed by atoms with van der Waals surface area (Å²) in [5, 5.41) is 0. The largest absolute Gasteiger partial charge is 0.0975 e. The van der Waals surface area contributed by atoms with Crippen LogP contribution in [0.1, 0.15) is 23.1 Å². The zero-order chi connectivity index (χ0) is 13.3. The SMILES string of the molecule is IC#Cc1ccccc1C#CCCc1ccccc1. The van der Waals surface area contributed by atoms with Crippen LogP contribution < -0.4 is 0 Å². The number of hydrogen-bond acceptors (Lipinski definition) is 0. The van der Waals surface area contributed by atoms with Crippen LogP contribution in [0.3, 0.4) is 0 Å². The molecule has 0 bridgehead atoms. The molecule has 92 valence electrons. The molecule has 2 aromatic carbocycles. The summed E-state index contributed by atoms with van der Waals surface area (Å²) in [5.41, 5.74) is 3.35. The maximum atomic E-state index is 3.23. The van der Waals surface area contributed by atoms with Crippen LogP contribution in [0.25, 0.3) is 0 Å². The summed E-state index contributed by atoms with van der Waals surface area (Å²) in [4.78, 5) is 0. The monoisotopic (exact) mass is 356 g/mol. The summed E-state index contributed by atoms with van der Waals surface area (Å²) >= 11 is 2.05. The quantitative estimate of drug-likeness (QED) is 0.552. The first-order valence-electron chi connectivity index (χ1n) is 6.13. The molecule has 0 N–H and O–H groups in total. The van der Waals surface area contributed by atoms with E-state index in [0.29, 0.717) is 0 Å². The Morgan fingerprint density at radius 2 is 1.42 bits per heavy atom. The van der Waals surface area contributed by atoms with E-state index in [0.717, 1.165) is 24.0 Å². The predicted octanol–water partition coefficient (Wildman–Crippen LogP) is 4.41. The molecular weight excluding hydrogens is 343 g/mol. The first-order chi connectivity index (χ1) is 9.40. The molecule has 0 amide bonds. The highest BCUT2D eigenvalue weighted by molar-refractivity contribution is 14.1. The summed E-state index contributed by atoms with van der Waals surface area (Å²) in [7, 11) is 0. The maximum absolute atomic E-state index is 3.23. The summed E-state index contributed by atoms with van der Waals surface area (Å²) in [5.74, 6) is 9.51. The summed E-state index contributed by atoms with van der Waals surface area (Å²) in [6.45, 7) is 0. The van der Waals surface area contributed by atoms with E-state index in [4.69, 9.17) is 0 Å². The van der Waals surface area contributed by atoms with Crippen molar-refractivity contribution in [2.45, 2.75) is 12.8 Å². The molecule has 0 fully saturated rings. The van der Waals surface area contributed by atoms with Crippen molar-refractivity contribution in [2.24, 2.45) is 0 Å². The number of hydrogen-bond donors (Lipinski definition) is 0. The third kappa shape index (κ3) is 4.47. The molecule has 0 heterocycles. The Bertz CT molecular complexity index is 649. The van der Waals surface area contributed by atoms with Gasteiger partial charge in [-0.2, -0.15) is 0 Å². The molecule has 1 heteroatoms. The Kier molecular flexibility index (Phi) is 5.53. The van der Waals surface area contributed by atoms with E-state index >= 15 is 0 Å². The normalized spacial score (nSPS) is 8.89. The Hall–Kier alpha value is -1.71. The predicted molar refractivity (Wildman–Crippen MR) is 89.0 cm³/mol. The van der Waals surface area contributed by atoms with Crippen LogP contribution in [0.2, 0.25) is 0 Å². The van der Waals surface area contributed by atoms with Crippen molar-refractivity contribution in [3.05, 3.63) is 71.3 Å². The van der Waals surface area contributed by atoms with E-state index in [2.05, 4.69) is 68.5 Å². The van der Waals surface area contributed by atoms with E-state index in [1.165, 1.54) is 5.56 Å². The molecule has 0 spiro atoms. The molecule has 0 aliphatic carbocycles. The van der Waals surface area contributed by atoms with Gasteiger partial charge in [0.15, 0.2) is 0 Å². The molecule has 0 unspecified atom stereocenters. The van der Waals surface area contributed by atoms with Crippen molar-refractivity contribution in [3.8, 4) is 21.7 Å². The highest BCUT2D eigenvalue weighted by Crippen LogP contribution is 2.06. The van der Waals surface area contributed by atoms with Crippen LogP contribution in [0.4, 0.5) is 0 Å². The van der Waals surface area contributed by atoms with Gasteiger partial charge in [0.25, 0.3) is 0 Å². The Morgan fingerprint density at radius 1 is 0.789 bits per heavy atom. The standard InChI is InChI=1S/C18H13I/c19-15-14-18-13-7-6-12-17(18)11-5-4-10-16-8-2-1-3-9-16/h1-3,6-9,12-13H,4,10H2. The fourth-order valence-electron chi connectivity index (χ4n) is 1.76. The lowest BCUT2D eigenvalue weighted by Crippen LogP contribution is -1.84. The van der Waals surface area contributed by atoms with Gasteiger partial charge in [-0.25, -0.2) is 0 Å². The topological polar surface area (TPSA) is 0 Å². The second kappa shape index (κ2) is 7.67. The highest BCUT2D eigenvalue weighted by Gasteiger charge is 1.94. The maximum Gasteiger partial charge on any atom is 0.0410 e. The molecule has 0 saturated heterocycles. The zero-order valence-electron chi connectivity index (χ0n) is 10.5. The van der Waals surface area contributed by atoms with E-state index in [9.17, 15) is 0 Å². The van der Waals surface area contributed by atoms with Crippen molar-refractivity contribution < 1.29 is 0 Å². The summed E-state index contributed by atoms with van der Waals surface area (Å²) in [6, 6.07) is 18.5. The molecule has 0 nitrogen and oxygen atoms in total. The molecule has 19 heavy (non-hydrogen) atoms. The van der Waals surface area contributed by atoms with Gasteiger partial charge in [0, 0.05) is 40.1 Å². The van der Waals surface area contributed by atoms with Crippen LogP contribution in [0, 0.1) is 21.7 Å². The minimum Gasteiger partial charge on any atom is -0.0975 e. The second-order valence-corrected chi connectivity index (χ2v) is 4.59. The Labute approximate surface area is 128 Å². The fraction of sp³-hybridized carbons (Fsp3) is 0.111. The number of aryl methyl sites for hydroxylation is 1. The van der Waals surface area contributed by atoms with Gasteiger partial charge in [0.2, 0.25) is 0 Å². The highest BCUT2D eigenvalue weighted by atomic mass is 127. The van der Waals surface area contributed by atoms with Crippen molar-refractivity contribution in [1.29, 1.82) is 0 Å². The molecule has 0 saturated carbocycles. The minimum absolute atomic E-state index is 0.871. The van der Waals surface area contributed by atoms with Gasteiger partial charge in [-0.3, -0.25) is 0 Å². The molecule has 0 aromatic heterocycles. The lowest BCUT2D eigenvalue weighted by atomic mass is 10.1. The lowest BCUT2D eigenvalue weighted by molar-refractivity contribution is 1.03. The van der Waals surface area contributed by atoms with Gasteiger partial charge in [-0.05, 0) is 28.0 Å². The zero-order valence-corrected chi connectivity index (χ0v) is 12.6. The van der Waals surface area contributed by atoms with Gasteiger partial charge < -0.3 is 0 Å². The average molecular weight is 356 g/mol. The van der Waals surface area contributed by atoms with E-state index in [1.54, 1.807) is 0 Å². The van der Waals surface area contributed by atoms with Crippen LogP contribution in [-0.2, 0) is 6.42 Å². The second-order valence-electron chi connectivity index (χ2n) is 4.05. The smallest absolute Gasteiger partial charge is 0.0410 e. The average Bonchev–Trinajstić information content (AvgIpc) is 2.47. The van der Waals surface area contributed by atoms with Crippen molar-refractivity contribution in [3.63, 3.8) is 0 Å². The van der Waals surface area contributed by atoms with Gasteiger partial charge >= 0.3 is 0 Å². The first kappa shape index (κ1) is 13.7. The fourth-order valence-corrected chi connectivity index (χ4v) is 2.05. The third-order valence-corrected chi connectivity index (χ3v) is 2.98. The third-order valence-electron chi connectivity index (χ3n) is 2.71. The minimum atomic E-state index is 0.871. The molecule has 2 rings (SSSR count). The van der Waals surface area contributed by atoms with Crippen LogP contribution >= 0.6 is 22.6 Å². The van der Waals surface area contributed by atoms with Gasteiger partial charge in [0.1, 0.15) is 0 Å². The summed E-state index contributed by atoms with van der Waals surface area (Å²) < 4.78 is 2.89. The molecule has 0 radical (unpaired) electrons.